The molecule has 0 aliphatic heterocycles. The van der Waals surface area contributed by atoms with Crippen molar-refractivity contribution >= 4 is 11.6 Å². The highest BCUT2D eigenvalue weighted by molar-refractivity contribution is 6.20. The number of rotatable bonds is 3. The van der Waals surface area contributed by atoms with Crippen molar-refractivity contribution in [1.82, 2.24) is 0 Å². The third kappa shape index (κ3) is 3.40. The molecule has 0 aliphatic carbocycles. The smallest absolute Gasteiger partial charge is 0.0803 e. The van der Waals surface area contributed by atoms with Gasteiger partial charge in [0.05, 0.1) is 5.50 Å². The number of nitrogens with two attached hydrogens (primary N) is 1. The molecule has 1 aromatic rings. The van der Waals surface area contributed by atoms with Gasteiger partial charge in [-0.3, -0.25) is 0 Å². The van der Waals surface area contributed by atoms with Gasteiger partial charge in [0.1, 0.15) is 0 Å². The molecular formula is C9H12ClN. The standard InChI is InChI=1S/C9H12ClN/c10-9(11)7-6-8-4-2-1-3-5-8/h1-5,9H,6-7,11H2. The zero-order valence-corrected chi connectivity index (χ0v) is 7.09. The zero-order chi connectivity index (χ0) is 8.10. The van der Waals surface area contributed by atoms with E-state index >= 15 is 0 Å². The molecule has 1 nitrogen and oxygen atoms in total. The van der Waals surface area contributed by atoms with Gasteiger partial charge in [-0.2, -0.15) is 0 Å². The molecule has 0 amide bonds. The molecule has 0 spiro atoms. The summed E-state index contributed by atoms with van der Waals surface area (Å²) >= 11 is 5.61. The van der Waals surface area contributed by atoms with Crippen LogP contribution in [0, 0.1) is 0 Å². The second-order valence-electron chi connectivity index (χ2n) is 2.54. The molecular weight excluding hydrogens is 158 g/mol. The van der Waals surface area contributed by atoms with E-state index in [-0.39, 0.29) is 5.50 Å². The van der Waals surface area contributed by atoms with Crippen molar-refractivity contribution in [2.45, 2.75) is 18.3 Å². The van der Waals surface area contributed by atoms with Gasteiger partial charge >= 0.3 is 0 Å². The maximum Gasteiger partial charge on any atom is 0.0803 e. The van der Waals surface area contributed by atoms with Gasteiger partial charge in [-0.1, -0.05) is 30.3 Å². The Morgan fingerprint density at radius 1 is 1.27 bits per heavy atom. The van der Waals surface area contributed by atoms with E-state index in [1.54, 1.807) is 0 Å². The summed E-state index contributed by atoms with van der Waals surface area (Å²) in [6.07, 6.45) is 1.80. The van der Waals surface area contributed by atoms with Gasteiger partial charge in [0.25, 0.3) is 0 Å². The fourth-order valence-corrected chi connectivity index (χ4v) is 1.06. The second-order valence-corrected chi connectivity index (χ2v) is 3.10. The Kier molecular flexibility index (Phi) is 3.40. The second kappa shape index (κ2) is 4.37. The maximum absolute atomic E-state index is 5.61. The minimum atomic E-state index is -0.213. The number of hydrogen-bond acceptors (Lipinski definition) is 1. The molecule has 2 N–H and O–H groups in total. The van der Waals surface area contributed by atoms with E-state index in [1.165, 1.54) is 5.56 Å². The molecule has 11 heavy (non-hydrogen) atoms. The summed E-state index contributed by atoms with van der Waals surface area (Å²) in [7, 11) is 0. The van der Waals surface area contributed by atoms with E-state index in [1.807, 2.05) is 18.2 Å². The van der Waals surface area contributed by atoms with Crippen LogP contribution in [-0.4, -0.2) is 5.50 Å². The minimum Gasteiger partial charge on any atom is -0.315 e. The van der Waals surface area contributed by atoms with E-state index in [9.17, 15) is 0 Å². The highest BCUT2D eigenvalue weighted by Crippen LogP contribution is 2.04. The van der Waals surface area contributed by atoms with Crippen molar-refractivity contribution in [3.8, 4) is 0 Å². The summed E-state index contributed by atoms with van der Waals surface area (Å²) in [5.41, 5.74) is 6.49. The Morgan fingerprint density at radius 2 is 1.91 bits per heavy atom. The topological polar surface area (TPSA) is 26.0 Å². The fourth-order valence-electron chi connectivity index (χ4n) is 0.949. The lowest BCUT2D eigenvalue weighted by molar-refractivity contribution is 0.778. The Balaban J connectivity index is 2.39. The first-order valence-electron chi connectivity index (χ1n) is 3.72. The van der Waals surface area contributed by atoms with Crippen LogP contribution in [0.15, 0.2) is 30.3 Å². The lowest BCUT2D eigenvalue weighted by atomic mass is 10.1. The van der Waals surface area contributed by atoms with Crippen LogP contribution in [0.1, 0.15) is 12.0 Å². The van der Waals surface area contributed by atoms with Crippen LogP contribution in [-0.2, 0) is 6.42 Å². The van der Waals surface area contributed by atoms with Crippen LogP contribution >= 0.6 is 11.6 Å². The van der Waals surface area contributed by atoms with Crippen LogP contribution in [0.4, 0.5) is 0 Å². The number of halogens is 1. The quantitative estimate of drug-likeness (QED) is 0.545. The SMILES string of the molecule is NC(Cl)CCc1ccccc1. The predicted molar refractivity (Wildman–Crippen MR) is 48.6 cm³/mol. The summed E-state index contributed by atoms with van der Waals surface area (Å²) < 4.78 is 0. The molecule has 1 unspecified atom stereocenters. The minimum absolute atomic E-state index is 0.213. The fraction of sp³-hybridized carbons (Fsp3) is 0.333. The average Bonchev–Trinajstić information content (AvgIpc) is 2.03. The Morgan fingerprint density at radius 3 is 2.45 bits per heavy atom. The summed E-state index contributed by atoms with van der Waals surface area (Å²) in [6, 6.07) is 10.2. The molecule has 0 saturated carbocycles. The molecule has 0 heterocycles. The molecule has 1 rings (SSSR count). The Labute approximate surface area is 72.2 Å². The molecule has 0 aliphatic rings. The molecule has 0 bridgehead atoms. The van der Waals surface area contributed by atoms with E-state index in [0.717, 1.165) is 12.8 Å². The van der Waals surface area contributed by atoms with Gasteiger partial charge < -0.3 is 5.73 Å². The molecule has 60 valence electrons. The maximum atomic E-state index is 5.61. The first-order chi connectivity index (χ1) is 5.29. The van der Waals surface area contributed by atoms with E-state index in [2.05, 4.69) is 12.1 Å². The zero-order valence-electron chi connectivity index (χ0n) is 6.33. The summed E-state index contributed by atoms with van der Waals surface area (Å²) in [6.45, 7) is 0. The third-order valence-electron chi connectivity index (χ3n) is 1.55. The van der Waals surface area contributed by atoms with Crippen molar-refractivity contribution in [2.24, 2.45) is 5.73 Å². The third-order valence-corrected chi connectivity index (χ3v) is 1.77. The number of benzene rings is 1. The first-order valence-corrected chi connectivity index (χ1v) is 4.16. The van der Waals surface area contributed by atoms with Gasteiger partial charge in [0, 0.05) is 0 Å². The number of aryl methyl sites for hydroxylation is 1. The van der Waals surface area contributed by atoms with Crippen LogP contribution in [0.25, 0.3) is 0 Å². The van der Waals surface area contributed by atoms with Gasteiger partial charge in [-0.05, 0) is 18.4 Å². The number of alkyl halides is 1. The molecule has 0 radical (unpaired) electrons. The Bertz CT molecular complexity index is 196. The van der Waals surface area contributed by atoms with Crippen LogP contribution < -0.4 is 5.73 Å². The van der Waals surface area contributed by atoms with E-state index in [4.69, 9.17) is 17.3 Å². The summed E-state index contributed by atoms with van der Waals surface area (Å²) in [5.74, 6) is 0. The van der Waals surface area contributed by atoms with Crippen LogP contribution in [0.2, 0.25) is 0 Å². The van der Waals surface area contributed by atoms with Crippen molar-refractivity contribution < 1.29 is 0 Å². The summed E-state index contributed by atoms with van der Waals surface area (Å²) in [4.78, 5) is 0. The molecule has 1 aromatic carbocycles. The molecule has 0 fully saturated rings. The monoisotopic (exact) mass is 169 g/mol. The molecule has 0 aromatic heterocycles. The van der Waals surface area contributed by atoms with E-state index in [0.29, 0.717) is 0 Å². The largest absolute Gasteiger partial charge is 0.315 e. The van der Waals surface area contributed by atoms with Crippen LogP contribution in [0.5, 0.6) is 0 Å². The summed E-state index contributed by atoms with van der Waals surface area (Å²) in [5, 5.41) is 0. The lowest BCUT2D eigenvalue weighted by Crippen LogP contribution is -2.12. The van der Waals surface area contributed by atoms with Crippen molar-refractivity contribution in [3.63, 3.8) is 0 Å². The first kappa shape index (κ1) is 8.57. The highest BCUT2D eigenvalue weighted by Gasteiger charge is 1.96. The molecule has 0 saturated heterocycles. The van der Waals surface area contributed by atoms with Gasteiger partial charge in [0.15, 0.2) is 0 Å². The molecule has 2 heteroatoms. The normalized spacial score (nSPS) is 12.9. The van der Waals surface area contributed by atoms with Gasteiger partial charge in [-0.25, -0.2) is 0 Å². The van der Waals surface area contributed by atoms with Crippen molar-refractivity contribution in [1.29, 1.82) is 0 Å². The highest BCUT2D eigenvalue weighted by atomic mass is 35.5. The molecule has 1 atom stereocenters. The van der Waals surface area contributed by atoms with Gasteiger partial charge in [0.2, 0.25) is 0 Å². The lowest BCUT2D eigenvalue weighted by Gasteiger charge is -2.01. The van der Waals surface area contributed by atoms with Crippen LogP contribution in [0.3, 0.4) is 0 Å². The number of hydrogen-bond donors (Lipinski definition) is 1. The predicted octanol–water partition coefficient (Wildman–Crippen LogP) is 2.14. The Hall–Kier alpha value is -0.530. The average molecular weight is 170 g/mol. The van der Waals surface area contributed by atoms with Crippen molar-refractivity contribution in [2.75, 3.05) is 0 Å². The van der Waals surface area contributed by atoms with E-state index < -0.39 is 0 Å². The van der Waals surface area contributed by atoms with Crippen molar-refractivity contribution in [3.05, 3.63) is 35.9 Å². The van der Waals surface area contributed by atoms with Gasteiger partial charge in [-0.15, -0.1) is 11.6 Å².